The number of carbonyl (C=O) groups is 2. The van der Waals surface area contributed by atoms with Crippen LogP contribution in [0.5, 0.6) is 0 Å². The quantitative estimate of drug-likeness (QED) is 0.0211. The summed E-state index contributed by atoms with van der Waals surface area (Å²) in [6.07, 6.45) is 73.0. The first-order valence-electron chi connectivity index (χ1n) is 31.5. The second-order valence-corrected chi connectivity index (χ2v) is 23.9. The number of quaternary nitrogens is 1. The van der Waals surface area contributed by atoms with Crippen molar-refractivity contribution in [2.24, 2.45) is 0 Å². The molecule has 0 aliphatic carbocycles. The molecule has 9 nitrogen and oxygen atoms in total. The predicted molar refractivity (Wildman–Crippen MR) is 321 cm³/mol. The molecule has 0 aromatic rings. The van der Waals surface area contributed by atoms with Crippen molar-refractivity contribution in [1.82, 2.24) is 0 Å². The average Bonchev–Trinajstić information content (AvgIpc) is 3.37. The minimum absolute atomic E-state index is 0.0326. The van der Waals surface area contributed by atoms with Gasteiger partial charge in [-0.15, -0.1) is 0 Å². The maximum absolute atomic E-state index is 12.8. The number of rotatable bonds is 58. The van der Waals surface area contributed by atoms with Gasteiger partial charge in [-0.2, -0.15) is 0 Å². The molecule has 0 bridgehead atoms. The highest BCUT2D eigenvalue weighted by Crippen LogP contribution is 2.43. The fraction of sp³-hybridized carbons (Fsp3) is 0.815. The molecule has 0 aromatic heterocycles. The number of unbranched alkanes of at least 4 members (excludes halogenated alkanes) is 34. The second-order valence-electron chi connectivity index (χ2n) is 22.4. The lowest BCUT2D eigenvalue weighted by atomic mass is 10.0. The number of hydrogen-bond donors (Lipinski definition) is 1. The molecule has 0 saturated heterocycles. The molecular formula is C65H121NO8P+. The van der Waals surface area contributed by atoms with E-state index >= 15 is 0 Å². The van der Waals surface area contributed by atoms with Crippen LogP contribution in [0.15, 0.2) is 60.8 Å². The van der Waals surface area contributed by atoms with Gasteiger partial charge in [-0.3, -0.25) is 18.6 Å². The second kappa shape index (κ2) is 56.4. The molecule has 0 saturated carbocycles. The third-order valence-electron chi connectivity index (χ3n) is 13.8. The maximum Gasteiger partial charge on any atom is 0.472 e. The summed E-state index contributed by atoms with van der Waals surface area (Å²) in [7, 11) is 1.49. The van der Waals surface area contributed by atoms with Crippen molar-refractivity contribution in [2.45, 2.75) is 296 Å². The zero-order chi connectivity index (χ0) is 54.9. The lowest BCUT2D eigenvalue weighted by molar-refractivity contribution is -0.870. The van der Waals surface area contributed by atoms with E-state index in [0.717, 1.165) is 64.2 Å². The summed E-state index contributed by atoms with van der Waals surface area (Å²) in [6, 6.07) is 0. The molecule has 1 N–H and O–H groups in total. The van der Waals surface area contributed by atoms with Crippen molar-refractivity contribution in [3.8, 4) is 0 Å². The Morgan fingerprint density at radius 2 is 0.760 bits per heavy atom. The molecule has 0 rings (SSSR count). The normalized spacial score (nSPS) is 13.6. The Hall–Kier alpha value is -2.29. The van der Waals surface area contributed by atoms with E-state index in [9.17, 15) is 19.0 Å². The molecule has 0 radical (unpaired) electrons. The Morgan fingerprint density at radius 3 is 1.13 bits per heavy atom. The number of hydrogen-bond acceptors (Lipinski definition) is 7. The van der Waals surface area contributed by atoms with Gasteiger partial charge in [-0.05, 0) is 57.8 Å². The van der Waals surface area contributed by atoms with Gasteiger partial charge in [0, 0.05) is 12.8 Å². The fourth-order valence-corrected chi connectivity index (χ4v) is 9.73. The Kier molecular flexibility index (Phi) is 54.7. The number of esters is 2. The molecule has 0 spiro atoms. The lowest BCUT2D eigenvalue weighted by Crippen LogP contribution is -2.37. The van der Waals surface area contributed by atoms with Gasteiger partial charge < -0.3 is 18.9 Å². The first kappa shape index (κ1) is 72.7. The Balaban J connectivity index is 4.07. The molecule has 0 aliphatic rings. The minimum atomic E-state index is -4.39. The number of allylic oxidation sites excluding steroid dienone is 10. The van der Waals surface area contributed by atoms with Gasteiger partial charge in [0.1, 0.15) is 19.8 Å². The van der Waals surface area contributed by atoms with E-state index in [1.165, 1.54) is 193 Å². The smallest absolute Gasteiger partial charge is 0.462 e. The van der Waals surface area contributed by atoms with E-state index < -0.39 is 26.5 Å². The first-order chi connectivity index (χ1) is 36.5. The van der Waals surface area contributed by atoms with Crippen LogP contribution in [0.25, 0.3) is 0 Å². The summed E-state index contributed by atoms with van der Waals surface area (Å²) in [5.41, 5.74) is 0. The highest BCUT2D eigenvalue weighted by Gasteiger charge is 2.27. The van der Waals surface area contributed by atoms with Crippen LogP contribution in [0.3, 0.4) is 0 Å². The van der Waals surface area contributed by atoms with Crippen LogP contribution in [0.2, 0.25) is 0 Å². The molecule has 0 heterocycles. The van der Waals surface area contributed by atoms with Crippen molar-refractivity contribution < 1.29 is 42.1 Å². The van der Waals surface area contributed by atoms with Crippen molar-refractivity contribution in [3.05, 3.63) is 60.8 Å². The molecule has 0 fully saturated rings. The van der Waals surface area contributed by atoms with Gasteiger partial charge in [-0.25, -0.2) is 4.57 Å². The van der Waals surface area contributed by atoms with Crippen LogP contribution in [0, 0.1) is 0 Å². The van der Waals surface area contributed by atoms with Gasteiger partial charge >= 0.3 is 19.8 Å². The molecule has 0 amide bonds. The van der Waals surface area contributed by atoms with E-state index in [-0.39, 0.29) is 25.6 Å². The molecule has 0 aliphatic heterocycles. The van der Waals surface area contributed by atoms with Crippen molar-refractivity contribution in [1.29, 1.82) is 0 Å². The number of phosphoric acid groups is 1. The van der Waals surface area contributed by atoms with Crippen LogP contribution < -0.4 is 0 Å². The zero-order valence-corrected chi connectivity index (χ0v) is 50.7. The van der Waals surface area contributed by atoms with Gasteiger partial charge in [0.2, 0.25) is 0 Å². The fourth-order valence-electron chi connectivity index (χ4n) is 8.99. The number of likely N-dealkylation sites (N-methyl/N-ethyl adjacent to an activating group) is 1. The number of ether oxygens (including phenoxy) is 2. The summed E-state index contributed by atoms with van der Waals surface area (Å²) in [5.74, 6) is -0.784. The standard InChI is InChI=1S/C65H120NO8P/c1-6-8-10-12-14-16-18-20-22-24-26-28-29-30-31-32-33-34-35-36-37-38-40-42-44-46-48-50-52-54-56-58-65(68)74-63(62-73-75(69,70)72-60-59-66(3,4)5)61-71-64(67)57-55-53-51-49-47-45-43-41-39-27-25-23-21-19-17-15-13-11-9-7-2/h8,10,14,16,20,22,26,28,30-31,63H,6-7,9,11-13,15,17-19,21,23-25,27,29,32-62H2,1-5H3/p+1/b10-8-,16-14-,22-20-,28-26-,31-30-. The Bertz CT molecular complexity index is 1450. The minimum Gasteiger partial charge on any atom is -0.462 e. The van der Waals surface area contributed by atoms with E-state index in [1.807, 2.05) is 21.1 Å². The summed E-state index contributed by atoms with van der Waals surface area (Å²) in [6.45, 7) is 4.37. The molecular weight excluding hydrogens is 954 g/mol. The van der Waals surface area contributed by atoms with E-state index in [2.05, 4.69) is 74.6 Å². The van der Waals surface area contributed by atoms with Crippen LogP contribution in [0.1, 0.15) is 290 Å². The van der Waals surface area contributed by atoms with Crippen molar-refractivity contribution >= 4 is 19.8 Å². The van der Waals surface area contributed by atoms with Crippen LogP contribution >= 0.6 is 7.82 Å². The summed E-state index contributed by atoms with van der Waals surface area (Å²) < 4.78 is 34.6. The monoisotopic (exact) mass is 1070 g/mol. The van der Waals surface area contributed by atoms with Crippen molar-refractivity contribution in [3.63, 3.8) is 0 Å². The third-order valence-corrected chi connectivity index (χ3v) is 14.8. The average molecular weight is 1080 g/mol. The number of nitrogens with zero attached hydrogens (tertiary/aromatic N) is 1. The zero-order valence-electron chi connectivity index (χ0n) is 49.8. The summed E-state index contributed by atoms with van der Waals surface area (Å²) >= 11 is 0. The van der Waals surface area contributed by atoms with Crippen LogP contribution in [-0.4, -0.2) is 74.9 Å². The van der Waals surface area contributed by atoms with Gasteiger partial charge in [0.15, 0.2) is 6.10 Å². The van der Waals surface area contributed by atoms with E-state index in [1.54, 1.807) is 0 Å². The van der Waals surface area contributed by atoms with Gasteiger partial charge in [0.05, 0.1) is 27.7 Å². The van der Waals surface area contributed by atoms with Gasteiger partial charge in [-0.1, -0.05) is 280 Å². The molecule has 438 valence electrons. The lowest BCUT2D eigenvalue weighted by Gasteiger charge is -2.24. The Morgan fingerprint density at radius 1 is 0.427 bits per heavy atom. The number of phosphoric ester groups is 1. The van der Waals surface area contributed by atoms with Crippen LogP contribution in [-0.2, 0) is 32.7 Å². The van der Waals surface area contributed by atoms with E-state index in [0.29, 0.717) is 23.9 Å². The van der Waals surface area contributed by atoms with Gasteiger partial charge in [0.25, 0.3) is 0 Å². The first-order valence-corrected chi connectivity index (χ1v) is 33.0. The largest absolute Gasteiger partial charge is 0.472 e. The van der Waals surface area contributed by atoms with Crippen LogP contribution in [0.4, 0.5) is 0 Å². The molecule has 2 unspecified atom stereocenters. The predicted octanol–water partition coefficient (Wildman–Crippen LogP) is 19.9. The highest BCUT2D eigenvalue weighted by molar-refractivity contribution is 7.47. The summed E-state index contributed by atoms with van der Waals surface area (Å²) in [4.78, 5) is 35.8. The summed E-state index contributed by atoms with van der Waals surface area (Å²) in [5, 5.41) is 0. The Labute approximate surface area is 464 Å². The molecule has 75 heavy (non-hydrogen) atoms. The number of carbonyl (C=O) groups excluding carboxylic acids is 2. The topological polar surface area (TPSA) is 108 Å². The molecule has 10 heteroatoms. The SMILES string of the molecule is CC/C=C\C/C=C\C/C=C\C/C=C\C/C=C\CCCCCCCCCCCCCCCCCC(=O)OC(COC(=O)CCCCCCCCCCCCCCCCCCCCCC)COP(=O)(O)OCC[N+](C)(C)C. The highest BCUT2D eigenvalue weighted by atomic mass is 31.2. The molecule has 0 aromatic carbocycles. The maximum atomic E-state index is 12.8. The molecule has 2 atom stereocenters. The van der Waals surface area contributed by atoms with E-state index in [4.69, 9.17) is 18.5 Å². The third kappa shape index (κ3) is 60.8. The van der Waals surface area contributed by atoms with Crippen molar-refractivity contribution in [2.75, 3.05) is 47.5 Å².